The number of aliphatic imine (C=N–C) groups is 1. The fraction of sp³-hybridized carbons (Fsp3) is 0.0476. The fourth-order valence-corrected chi connectivity index (χ4v) is 3.16. The first kappa shape index (κ1) is 17.9. The summed E-state index contributed by atoms with van der Waals surface area (Å²) < 4.78 is 23.1. The van der Waals surface area contributed by atoms with E-state index in [-0.39, 0.29) is 11.4 Å². The van der Waals surface area contributed by atoms with Crippen LogP contribution in [-0.4, -0.2) is 13.3 Å². The van der Waals surface area contributed by atoms with Crippen molar-refractivity contribution in [1.29, 1.82) is 5.26 Å². The zero-order valence-corrected chi connectivity index (χ0v) is 16.3. The molecule has 0 N–H and O–H groups in total. The zero-order valence-electron chi connectivity index (χ0n) is 14.7. The Hall–Kier alpha value is -3.50. The molecule has 0 amide bonds. The van der Waals surface area contributed by atoms with Gasteiger partial charge >= 0.3 is 0 Å². The van der Waals surface area contributed by atoms with Crippen LogP contribution in [0.2, 0.25) is 0 Å². The Morgan fingerprint density at radius 2 is 1.86 bits per heavy atom. The first-order valence-corrected chi connectivity index (χ1v) is 9.03. The number of nitrogens with zero attached hydrogens (tertiary/aromatic N) is 2. The van der Waals surface area contributed by atoms with Gasteiger partial charge in [-0.1, -0.05) is 15.9 Å². The van der Waals surface area contributed by atoms with Gasteiger partial charge in [0.05, 0.1) is 25.2 Å². The van der Waals surface area contributed by atoms with Crippen molar-refractivity contribution in [2.75, 3.05) is 7.11 Å². The van der Waals surface area contributed by atoms with Gasteiger partial charge in [0.2, 0.25) is 5.88 Å². The van der Waals surface area contributed by atoms with E-state index in [0.717, 1.165) is 10.0 Å². The average molecular weight is 437 g/mol. The quantitative estimate of drug-likeness (QED) is 0.348. The second kappa shape index (κ2) is 7.62. The molecule has 3 heterocycles. The number of hydrogen-bond donors (Lipinski definition) is 0. The van der Waals surface area contributed by atoms with Gasteiger partial charge in [0.25, 0.3) is 0 Å². The number of benzene rings is 1. The smallest absolute Gasteiger partial charge is 0.238 e. The average Bonchev–Trinajstić information content (AvgIpc) is 3.46. The normalized spacial score (nSPS) is 11.0. The largest absolute Gasteiger partial charge is 0.496 e. The van der Waals surface area contributed by atoms with Gasteiger partial charge in [-0.25, -0.2) is 4.99 Å². The number of rotatable bonds is 5. The third-order valence-electron chi connectivity index (χ3n) is 4.03. The number of furan rings is 3. The van der Waals surface area contributed by atoms with Crippen molar-refractivity contribution in [1.82, 2.24) is 0 Å². The van der Waals surface area contributed by atoms with Crippen LogP contribution in [0.1, 0.15) is 11.1 Å². The molecule has 7 heteroatoms. The van der Waals surface area contributed by atoms with E-state index in [1.165, 1.54) is 12.5 Å². The molecule has 0 fully saturated rings. The lowest BCUT2D eigenvalue weighted by atomic mass is 10.1. The van der Waals surface area contributed by atoms with E-state index < -0.39 is 0 Å². The highest BCUT2D eigenvalue weighted by atomic mass is 79.9. The van der Waals surface area contributed by atoms with Gasteiger partial charge < -0.3 is 18.0 Å². The molecule has 0 saturated carbocycles. The monoisotopic (exact) mass is 436 g/mol. The molecule has 0 saturated heterocycles. The first-order valence-electron chi connectivity index (χ1n) is 8.23. The standard InChI is InChI=1S/C21H13BrN2O4/c1-25-16-7-6-14(22)10-13(16)12-24-21-15(11-23)19(17-4-2-8-26-17)20(28-21)18-5-3-9-27-18/h2-10,12H,1H3. The fourth-order valence-electron chi connectivity index (χ4n) is 2.79. The highest BCUT2D eigenvalue weighted by Crippen LogP contribution is 2.42. The maximum absolute atomic E-state index is 9.76. The van der Waals surface area contributed by atoms with E-state index >= 15 is 0 Å². The molecule has 0 aliphatic heterocycles. The lowest BCUT2D eigenvalue weighted by Gasteiger charge is -2.04. The molecule has 0 aliphatic carbocycles. The van der Waals surface area contributed by atoms with Gasteiger partial charge in [-0.3, -0.25) is 0 Å². The maximum Gasteiger partial charge on any atom is 0.238 e. The molecule has 1 aromatic carbocycles. The molecule has 0 unspecified atom stereocenters. The van der Waals surface area contributed by atoms with Crippen molar-refractivity contribution in [2.24, 2.45) is 4.99 Å². The third-order valence-corrected chi connectivity index (χ3v) is 4.52. The summed E-state index contributed by atoms with van der Waals surface area (Å²) in [6.45, 7) is 0. The van der Waals surface area contributed by atoms with Crippen molar-refractivity contribution in [3.05, 3.63) is 70.6 Å². The summed E-state index contributed by atoms with van der Waals surface area (Å²) in [7, 11) is 1.58. The summed E-state index contributed by atoms with van der Waals surface area (Å²) in [6, 6.07) is 14.7. The van der Waals surface area contributed by atoms with Crippen LogP contribution in [-0.2, 0) is 0 Å². The van der Waals surface area contributed by atoms with Crippen molar-refractivity contribution < 1.29 is 18.0 Å². The van der Waals surface area contributed by atoms with Gasteiger partial charge in [0, 0.05) is 16.3 Å². The molecule has 0 radical (unpaired) electrons. The molecule has 4 rings (SSSR count). The predicted octanol–water partition coefficient (Wildman–Crippen LogP) is 6.19. The van der Waals surface area contributed by atoms with Crippen molar-refractivity contribution in [3.63, 3.8) is 0 Å². The second-order valence-corrected chi connectivity index (χ2v) is 6.61. The second-order valence-electron chi connectivity index (χ2n) is 5.70. The summed E-state index contributed by atoms with van der Waals surface area (Å²) in [5.74, 6) is 2.15. The minimum absolute atomic E-state index is 0.155. The molecule has 0 bridgehead atoms. The van der Waals surface area contributed by atoms with Gasteiger partial charge in [-0.05, 0) is 42.5 Å². The summed E-state index contributed by atoms with van der Waals surface area (Å²) in [6.07, 6.45) is 4.65. The number of hydrogen-bond acceptors (Lipinski definition) is 6. The molecule has 6 nitrogen and oxygen atoms in total. The Morgan fingerprint density at radius 1 is 1.11 bits per heavy atom. The molecule has 4 aromatic rings. The van der Waals surface area contributed by atoms with Crippen LogP contribution in [0, 0.1) is 11.3 Å². The minimum Gasteiger partial charge on any atom is -0.496 e. The van der Waals surface area contributed by atoms with Gasteiger partial charge in [-0.15, -0.1) is 0 Å². The molecule has 0 aliphatic rings. The SMILES string of the molecule is COc1ccc(Br)cc1C=Nc1oc(-c2ccco2)c(-c2ccco2)c1C#N. The van der Waals surface area contributed by atoms with E-state index in [0.29, 0.717) is 28.6 Å². The molecule has 0 spiro atoms. The first-order chi connectivity index (χ1) is 13.7. The van der Waals surface area contributed by atoms with Crippen LogP contribution in [0.4, 0.5) is 5.88 Å². The number of ether oxygens (including phenoxy) is 1. The highest BCUT2D eigenvalue weighted by Gasteiger charge is 2.26. The van der Waals surface area contributed by atoms with E-state index in [9.17, 15) is 5.26 Å². The summed E-state index contributed by atoms with van der Waals surface area (Å²) >= 11 is 3.43. The predicted molar refractivity (Wildman–Crippen MR) is 107 cm³/mol. The Kier molecular flexibility index (Phi) is 4.87. The number of methoxy groups -OCH3 is 1. The number of halogens is 1. The van der Waals surface area contributed by atoms with Gasteiger partial charge in [-0.2, -0.15) is 5.26 Å². The lowest BCUT2D eigenvalue weighted by Crippen LogP contribution is -1.90. The Labute approximate surface area is 168 Å². The third kappa shape index (κ3) is 3.26. The molecule has 138 valence electrons. The van der Waals surface area contributed by atoms with Crippen LogP contribution >= 0.6 is 15.9 Å². The van der Waals surface area contributed by atoms with Crippen LogP contribution in [0.25, 0.3) is 22.8 Å². The number of nitriles is 1. The molecule has 3 aromatic heterocycles. The van der Waals surface area contributed by atoms with Gasteiger partial charge in [0.1, 0.15) is 23.1 Å². The van der Waals surface area contributed by atoms with E-state index in [2.05, 4.69) is 27.0 Å². The van der Waals surface area contributed by atoms with E-state index in [4.69, 9.17) is 18.0 Å². The van der Waals surface area contributed by atoms with E-state index in [1.807, 2.05) is 18.2 Å². The Balaban J connectivity index is 1.86. The Morgan fingerprint density at radius 3 is 2.50 bits per heavy atom. The van der Waals surface area contributed by atoms with Crippen molar-refractivity contribution in [2.45, 2.75) is 0 Å². The minimum atomic E-state index is 0.155. The summed E-state index contributed by atoms with van der Waals surface area (Å²) in [5, 5.41) is 9.76. The molecule has 28 heavy (non-hydrogen) atoms. The summed E-state index contributed by atoms with van der Waals surface area (Å²) in [4.78, 5) is 4.40. The van der Waals surface area contributed by atoms with E-state index in [1.54, 1.807) is 37.6 Å². The lowest BCUT2D eigenvalue weighted by molar-refractivity contribution is 0.414. The highest BCUT2D eigenvalue weighted by molar-refractivity contribution is 9.10. The zero-order chi connectivity index (χ0) is 19.5. The van der Waals surface area contributed by atoms with Crippen LogP contribution < -0.4 is 4.74 Å². The topological polar surface area (TPSA) is 84.8 Å². The molecular weight excluding hydrogens is 424 g/mol. The van der Waals surface area contributed by atoms with Crippen molar-refractivity contribution >= 4 is 28.0 Å². The van der Waals surface area contributed by atoms with Crippen LogP contribution in [0.5, 0.6) is 5.75 Å². The molecule has 0 atom stereocenters. The summed E-state index contributed by atoms with van der Waals surface area (Å²) in [5.41, 5.74) is 1.48. The van der Waals surface area contributed by atoms with Crippen LogP contribution in [0.15, 0.2) is 77.7 Å². The van der Waals surface area contributed by atoms with Gasteiger partial charge in [0.15, 0.2) is 11.5 Å². The van der Waals surface area contributed by atoms with Crippen molar-refractivity contribution in [3.8, 4) is 34.7 Å². The molecular formula is C21H13BrN2O4. The Bertz CT molecular complexity index is 1170. The maximum atomic E-state index is 9.76. The van der Waals surface area contributed by atoms with Crippen LogP contribution in [0.3, 0.4) is 0 Å².